The molecule has 0 aromatic heterocycles. The van der Waals surface area contributed by atoms with E-state index in [0.29, 0.717) is 12.0 Å². The van der Waals surface area contributed by atoms with E-state index in [9.17, 15) is 0 Å². The molecule has 1 unspecified atom stereocenters. The molecule has 0 aliphatic carbocycles. The van der Waals surface area contributed by atoms with Gasteiger partial charge in [0.1, 0.15) is 0 Å². The van der Waals surface area contributed by atoms with Crippen LogP contribution in [0.5, 0.6) is 0 Å². The van der Waals surface area contributed by atoms with Crippen molar-refractivity contribution in [1.29, 1.82) is 0 Å². The highest BCUT2D eigenvalue weighted by atomic mass is 35.5. The molecule has 1 saturated heterocycles. The predicted molar refractivity (Wildman–Crippen MR) is 111 cm³/mol. The van der Waals surface area contributed by atoms with E-state index in [4.69, 9.17) is 0 Å². The molecule has 0 spiro atoms. The first-order valence-electron chi connectivity index (χ1n) is 8.91. The fourth-order valence-electron chi connectivity index (χ4n) is 3.98. The lowest BCUT2D eigenvalue weighted by molar-refractivity contribution is 0.127. The average molecular weight is 375 g/mol. The molecule has 2 nitrogen and oxygen atoms in total. The Kier molecular flexibility index (Phi) is 9.89. The van der Waals surface area contributed by atoms with E-state index in [-0.39, 0.29) is 24.8 Å². The Morgan fingerprint density at radius 1 is 0.833 bits per heavy atom. The molecule has 1 aliphatic rings. The summed E-state index contributed by atoms with van der Waals surface area (Å²) in [5.74, 6) is 0.692. The van der Waals surface area contributed by atoms with Crippen LogP contribution in [-0.2, 0) is 0 Å². The molecule has 0 amide bonds. The summed E-state index contributed by atoms with van der Waals surface area (Å²) >= 11 is 0. The van der Waals surface area contributed by atoms with Gasteiger partial charge in [0, 0.05) is 32.2 Å². The van der Waals surface area contributed by atoms with Crippen LogP contribution in [0.3, 0.4) is 0 Å². The van der Waals surface area contributed by atoms with Crippen LogP contribution in [0.4, 0.5) is 0 Å². The van der Waals surface area contributed by atoms with Crippen molar-refractivity contribution in [1.82, 2.24) is 10.2 Å². The molecule has 1 fully saturated rings. The fraction of sp³-hybridized carbons (Fsp3) is 0.700. The maximum Gasteiger partial charge on any atom is 0.0380 e. The number of halogens is 2. The molecule has 2 rings (SSSR count). The molecule has 1 N–H and O–H groups in total. The summed E-state index contributed by atoms with van der Waals surface area (Å²) in [7, 11) is 0. The van der Waals surface area contributed by atoms with Crippen molar-refractivity contribution in [2.45, 2.75) is 60.9 Å². The number of nitrogens with one attached hydrogen (secondary N) is 1. The number of rotatable bonds is 4. The van der Waals surface area contributed by atoms with Crippen molar-refractivity contribution < 1.29 is 0 Å². The molecule has 140 valence electrons. The second-order valence-corrected chi connectivity index (χ2v) is 7.16. The Morgan fingerprint density at radius 2 is 1.25 bits per heavy atom. The zero-order chi connectivity index (χ0) is 16.4. The van der Waals surface area contributed by atoms with Crippen molar-refractivity contribution in [3.05, 3.63) is 33.4 Å². The first-order valence-corrected chi connectivity index (χ1v) is 8.91. The summed E-state index contributed by atoms with van der Waals surface area (Å²) in [5, 5.41) is 3.50. The summed E-state index contributed by atoms with van der Waals surface area (Å²) in [6.07, 6.45) is 1.24. The monoisotopic (exact) mass is 374 g/mol. The Balaban J connectivity index is 0.00000264. The number of hydrogen-bond donors (Lipinski definition) is 1. The summed E-state index contributed by atoms with van der Waals surface area (Å²) in [5.41, 5.74) is 9.09. The molecule has 1 aromatic rings. The van der Waals surface area contributed by atoms with Crippen LogP contribution in [0, 0.1) is 40.5 Å². The Hall–Kier alpha value is -0.280. The number of benzene rings is 1. The predicted octanol–water partition coefficient (Wildman–Crippen LogP) is 5.06. The van der Waals surface area contributed by atoms with Gasteiger partial charge in [0.05, 0.1) is 0 Å². The van der Waals surface area contributed by atoms with Gasteiger partial charge in [0.25, 0.3) is 0 Å². The van der Waals surface area contributed by atoms with E-state index >= 15 is 0 Å². The lowest BCUT2D eigenvalue weighted by Crippen LogP contribution is -2.47. The van der Waals surface area contributed by atoms with Crippen molar-refractivity contribution in [3.8, 4) is 0 Å². The molecular weight excluding hydrogens is 339 g/mol. The SMILES string of the molecule is CCC(C)[C@@H](c1c(C)c(C)c(C)c(C)c1C)N1CCNCC1.Cl.Cl. The largest absolute Gasteiger partial charge is 0.314 e. The van der Waals surface area contributed by atoms with Crippen LogP contribution in [0.2, 0.25) is 0 Å². The highest BCUT2D eigenvalue weighted by molar-refractivity contribution is 5.85. The second kappa shape index (κ2) is 10.0. The zero-order valence-electron chi connectivity index (χ0n) is 16.5. The normalized spacial score (nSPS) is 17.6. The van der Waals surface area contributed by atoms with Gasteiger partial charge < -0.3 is 5.32 Å². The minimum absolute atomic E-state index is 0. The van der Waals surface area contributed by atoms with Gasteiger partial charge in [-0.3, -0.25) is 4.90 Å². The lowest BCUT2D eigenvalue weighted by atomic mass is 9.81. The van der Waals surface area contributed by atoms with Gasteiger partial charge in [-0.2, -0.15) is 0 Å². The molecule has 2 atom stereocenters. The van der Waals surface area contributed by atoms with E-state index < -0.39 is 0 Å². The van der Waals surface area contributed by atoms with E-state index in [1.54, 1.807) is 5.56 Å². The Labute approximate surface area is 161 Å². The molecule has 0 bridgehead atoms. The third kappa shape index (κ3) is 4.46. The molecular formula is C20H36Cl2N2. The smallest absolute Gasteiger partial charge is 0.0380 e. The van der Waals surface area contributed by atoms with Gasteiger partial charge >= 0.3 is 0 Å². The summed E-state index contributed by atoms with van der Waals surface area (Å²) in [4.78, 5) is 2.72. The topological polar surface area (TPSA) is 15.3 Å². The third-order valence-electron chi connectivity index (χ3n) is 6.08. The van der Waals surface area contributed by atoms with Gasteiger partial charge in [-0.15, -0.1) is 24.8 Å². The van der Waals surface area contributed by atoms with Gasteiger partial charge in [-0.1, -0.05) is 20.3 Å². The van der Waals surface area contributed by atoms with Crippen molar-refractivity contribution in [2.24, 2.45) is 5.92 Å². The molecule has 24 heavy (non-hydrogen) atoms. The van der Waals surface area contributed by atoms with Gasteiger partial charge in [-0.25, -0.2) is 0 Å². The fourth-order valence-corrected chi connectivity index (χ4v) is 3.98. The number of piperazine rings is 1. The van der Waals surface area contributed by atoms with Crippen LogP contribution in [0.1, 0.15) is 59.7 Å². The third-order valence-corrected chi connectivity index (χ3v) is 6.08. The second-order valence-electron chi connectivity index (χ2n) is 7.16. The van der Waals surface area contributed by atoms with Crippen LogP contribution < -0.4 is 5.32 Å². The van der Waals surface area contributed by atoms with Crippen molar-refractivity contribution >= 4 is 24.8 Å². The van der Waals surface area contributed by atoms with E-state index in [0.717, 1.165) is 13.1 Å². The Bertz CT molecular complexity index is 508. The maximum atomic E-state index is 3.50. The highest BCUT2D eigenvalue weighted by Crippen LogP contribution is 2.38. The summed E-state index contributed by atoms with van der Waals surface area (Å²) in [6, 6.07) is 0.560. The Morgan fingerprint density at radius 3 is 1.67 bits per heavy atom. The van der Waals surface area contributed by atoms with Crippen LogP contribution in [-0.4, -0.2) is 31.1 Å². The first kappa shape index (κ1) is 23.7. The van der Waals surface area contributed by atoms with E-state index in [1.807, 2.05) is 0 Å². The number of hydrogen-bond acceptors (Lipinski definition) is 2. The van der Waals surface area contributed by atoms with Crippen LogP contribution >= 0.6 is 24.8 Å². The van der Waals surface area contributed by atoms with Crippen molar-refractivity contribution in [3.63, 3.8) is 0 Å². The number of nitrogens with zero attached hydrogens (tertiary/aromatic N) is 1. The minimum atomic E-state index is 0. The van der Waals surface area contributed by atoms with Crippen LogP contribution in [0.15, 0.2) is 0 Å². The van der Waals surface area contributed by atoms with Crippen LogP contribution in [0.25, 0.3) is 0 Å². The summed E-state index contributed by atoms with van der Waals surface area (Å²) in [6.45, 7) is 20.9. The first-order chi connectivity index (χ1) is 10.4. The quantitative estimate of drug-likeness (QED) is 0.791. The van der Waals surface area contributed by atoms with Gasteiger partial charge in [-0.05, 0) is 73.9 Å². The molecule has 4 heteroatoms. The minimum Gasteiger partial charge on any atom is -0.314 e. The lowest BCUT2D eigenvalue weighted by Gasteiger charge is -2.40. The molecule has 1 heterocycles. The van der Waals surface area contributed by atoms with Gasteiger partial charge in [0.15, 0.2) is 0 Å². The molecule has 0 radical (unpaired) electrons. The average Bonchev–Trinajstić information content (AvgIpc) is 2.55. The summed E-state index contributed by atoms with van der Waals surface area (Å²) < 4.78 is 0. The maximum absolute atomic E-state index is 3.50. The highest BCUT2D eigenvalue weighted by Gasteiger charge is 2.30. The molecule has 1 aliphatic heterocycles. The molecule has 0 saturated carbocycles. The van der Waals surface area contributed by atoms with Gasteiger partial charge in [0.2, 0.25) is 0 Å². The van der Waals surface area contributed by atoms with Crippen molar-refractivity contribution in [2.75, 3.05) is 26.2 Å². The van der Waals surface area contributed by atoms with E-state index in [1.165, 1.54) is 47.3 Å². The van der Waals surface area contributed by atoms with E-state index in [2.05, 4.69) is 58.7 Å². The standard InChI is InChI=1S/C20H34N2.2ClH/c1-8-13(2)20(22-11-9-21-10-12-22)19-17(6)15(4)14(3)16(5)18(19)7;;/h13,20-21H,8-12H2,1-7H3;2*1H/t13?,20-;;/m0../s1. The zero-order valence-corrected chi connectivity index (χ0v) is 18.1. The molecule has 1 aromatic carbocycles.